The van der Waals surface area contributed by atoms with E-state index >= 15 is 0 Å². The van der Waals surface area contributed by atoms with Crippen molar-refractivity contribution in [3.05, 3.63) is 68.7 Å². The predicted octanol–water partition coefficient (Wildman–Crippen LogP) is 5.25. The Labute approximate surface area is 252 Å². The second-order valence-corrected chi connectivity index (χ2v) is 13.9. The number of hydrogen-bond donors (Lipinski definition) is 0. The molecule has 214 valence electrons. The van der Waals surface area contributed by atoms with E-state index in [9.17, 15) is 18.0 Å². The number of benzene rings is 2. The molecule has 40 heavy (non-hydrogen) atoms. The lowest BCUT2D eigenvalue weighted by molar-refractivity contribution is -0.144. The lowest BCUT2D eigenvalue weighted by Gasteiger charge is -2.26. The summed E-state index contributed by atoms with van der Waals surface area (Å²) in [6.45, 7) is 1.98. The van der Waals surface area contributed by atoms with Crippen LogP contribution in [0, 0.1) is 0 Å². The van der Waals surface area contributed by atoms with Crippen molar-refractivity contribution in [3.63, 3.8) is 0 Å². The first-order valence-corrected chi connectivity index (χ1v) is 15.7. The Kier molecular flexibility index (Phi) is 9.31. The summed E-state index contributed by atoms with van der Waals surface area (Å²) >= 11 is 15.9. The number of imidazole rings is 1. The first-order valence-electron chi connectivity index (χ1n) is 12.5. The minimum absolute atomic E-state index is 0.0595. The number of ether oxygens (including phenoxy) is 1. The maximum atomic E-state index is 14.1. The Balaban J connectivity index is 1.66. The summed E-state index contributed by atoms with van der Waals surface area (Å²) < 4.78 is 34.7. The summed E-state index contributed by atoms with van der Waals surface area (Å²) in [5.41, 5.74) is -0.0802. The van der Waals surface area contributed by atoms with Gasteiger partial charge < -0.3 is 4.74 Å². The van der Waals surface area contributed by atoms with Crippen molar-refractivity contribution in [2.24, 2.45) is 0 Å². The standard InChI is InChI=1S/C27H29BrCl2N4O5S/c1-27(15-18-6-8-19(28)9-7-18)25(36)33(22-13-20(29)12-21(30)14-22)26-31-16-23(34(26)27)40(37,38)11-5-4-10-39-24(35)17-32(2)3/h6-9,12-14,16H,4-5,10-11,15,17H2,1-3H3/t27-/m1/s1. The average Bonchev–Trinajstić information content (AvgIpc) is 3.38. The quantitative estimate of drug-likeness (QED) is 0.203. The third-order valence-electron chi connectivity index (χ3n) is 6.47. The third kappa shape index (κ3) is 6.54. The minimum Gasteiger partial charge on any atom is -0.465 e. The Morgan fingerprint density at radius 3 is 2.38 bits per heavy atom. The zero-order chi connectivity index (χ0) is 29.2. The molecule has 4 rings (SSSR count). The number of sulfone groups is 1. The normalized spacial score (nSPS) is 17.0. The zero-order valence-electron chi connectivity index (χ0n) is 22.2. The van der Waals surface area contributed by atoms with Gasteiger partial charge in [-0.2, -0.15) is 0 Å². The molecule has 1 aliphatic rings. The molecule has 2 heterocycles. The van der Waals surface area contributed by atoms with Crippen LogP contribution in [0.25, 0.3) is 0 Å². The summed E-state index contributed by atoms with van der Waals surface area (Å²) in [6, 6.07) is 12.2. The van der Waals surface area contributed by atoms with Gasteiger partial charge in [-0.25, -0.2) is 18.3 Å². The van der Waals surface area contributed by atoms with Crippen LogP contribution in [0.3, 0.4) is 0 Å². The molecule has 0 saturated heterocycles. The lowest BCUT2D eigenvalue weighted by Crippen LogP contribution is -2.42. The number of carbonyl (C=O) groups excluding carboxylic acids is 2. The van der Waals surface area contributed by atoms with Crippen LogP contribution in [0.4, 0.5) is 11.6 Å². The highest BCUT2D eigenvalue weighted by Gasteiger charge is 2.51. The fraction of sp³-hybridized carbons (Fsp3) is 0.370. The number of unbranched alkanes of at least 4 members (excludes halogenated alkanes) is 1. The number of amides is 1. The molecule has 3 aromatic rings. The van der Waals surface area contributed by atoms with Crippen molar-refractivity contribution in [2.75, 3.05) is 37.9 Å². The van der Waals surface area contributed by atoms with E-state index in [1.54, 1.807) is 44.1 Å². The highest BCUT2D eigenvalue weighted by molar-refractivity contribution is 9.10. The molecule has 9 nitrogen and oxygen atoms in total. The van der Waals surface area contributed by atoms with Crippen LogP contribution in [-0.2, 0) is 36.1 Å². The van der Waals surface area contributed by atoms with E-state index in [2.05, 4.69) is 20.9 Å². The van der Waals surface area contributed by atoms with Gasteiger partial charge in [0.15, 0.2) is 14.9 Å². The van der Waals surface area contributed by atoms with Crippen LogP contribution >= 0.6 is 39.1 Å². The van der Waals surface area contributed by atoms with Gasteiger partial charge in [0.1, 0.15) is 5.54 Å². The molecule has 0 radical (unpaired) electrons. The highest BCUT2D eigenvalue weighted by Crippen LogP contribution is 2.44. The maximum absolute atomic E-state index is 14.1. The Morgan fingerprint density at radius 1 is 1.10 bits per heavy atom. The number of halogens is 3. The molecule has 0 N–H and O–H groups in total. The molecule has 0 aliphatic carbocycles. The van der Waals surface area contributed by atoms with Gasteiger partial charge in [0.2, 0.25) is 5.95 Å². The molecule has 1 aliphatic heterocycles. The Hall–Kier alpha value is -2.44. The number of nitrogens with zero attached hydrogens (tertiary/aromatic N) is 4. The van der Waals surface area contributed by atoms with E-state index in [-0.39, 0.29) is 54.6 Å². The van der Waals surface area contributed by atoms with Crippen molar-refractivity contribution in [3.8, 4) is 0 Å². The lowest BCUT2D eigenvalue weighted by atomic mass is 9.92. The first-order chi connectivity index (χ1) is 18.8. The van der Waals surface area contributed by atoms with Crippen molar-refractivity contribution in [1.82, 2.24) is 14.5 Å². The van der Waals surface area contributed by atoms with Crippen molar-refractivity contribution >= 4 is 72.5 Å². The summed E-state index contributed by atoms with van der Waals surface area (Å²) in [5.74, 6) is -0.764. The molecule has 1 aromatic heterocycles. The largest absolute Gasteiger partial charge is 0.465 e. The van der Waals surface area contributed by atoms with E-state index in [1.165, 1.54) is 15.7 Å². The van der Waals surface area contributed by atoms with E-state index < -0.39 is 15.4 Å². The summed E-state index contributed by atoms with van der Waals surface area (Å²) in [7, 11) is -0.346. The second kappa shape index (κ2) is 12.2. The van der Waals surface area contributed by atoms with Crippen LogP contribution in [0.5, 0.6) is 0 Å². The molecule has 0 bridgehead atoms. The maximum Gasteiger partial charge on any atom is 0.320 e. The molecular weight excluding hydrogens is 643 g/mol. The fourth-order valence-electron chi connectivity index (χ4n) is 4.64. The molecule has 0 spiro atoms. The van der Waals surface area contributed by atoms with Gasteiger partial charge in [0.25, 0.3) is 5.91 Å². The van der Waals surface area contributed by atoms with Crippen LogP contribution in [-0.4, -0.2) is 67.7 Å². The van der Waals surface area contributed by atoms with E-state index in [1.807, 2.05) is 24.3 Å². The number of aromatic nitrogens is 2. The molecule has 1 amide bonds. The predicted molar refractivity (Wildman–Crippen MR) is 158 cm³/mol. The number of likely N-dealkylation sites (N-methyl/N-ethyl adjacent to an activating group) is 1. The summed E-state index contributed by atoms with van der Waals surface area (Å²) in [4.78, 5) is 33.3. The molecular formula is C27H29BrCl2N4O5S. The Morgan fingerprint density at radius 2 is 1.75 bits per heavy atom. The van der Waals surface area contributed by atoms with E-state index in [4.69, 9.17) is 27.9 Å². The van der Waals surface area contributed by atoms with Gasteiger partial charge in [-0.05, 0) is 69.8 Å². The summed E-state index contributed by atoms with van der Waals surface area (Å²) in [5, 5.41) is 0.596. The first kappa shape index (κ1) is 30.5. The average molecular weight is 672 g/mol. The number of fused-ring (bicyclic) bond motifs is 1. The smallest absolute Gasteiger partial charge is 0.320 e. The number of anilines is 2. The van der Waals surface area contributed by atoms with Gasteiger partial charge in [0, 0.05) is 20.9 Å². The van der Waals surface area contributed by atoms with E-state index in [0.29, 0.717) is 22.2 Å². The monoisotopic (exact) mass is 670 g/mol. The van der Waals surface area contributed by atoms with Crippen LogP contribution in [0.15, 0.2) is 58.2 Å². The highest BCUT2D eigenvalue weighted by atomic mass is 79.9. The molecule has 2 aromatic carbocycles. The van der Waals surface area contributed by atoms with Crippen LogP contribution in [0.2, 0.25) is 10.0 Å². The minimum atomic E-state index is -3.86. The second-order valence-electron chi connectivity index (χ2n) is 10.1. The van der Waals surface area contributed by atoms with Crippen molar-refractivity contribution in [2.45, 2.75) is 36.8 Å². The molecule has 0 unspecified atom stereocenters. The zero-order valence-corrected chi connectivity index (χ0v) is 26.1. The van der Waals surface area contributed by atoms with Gasteiger partial charge in [-0.15, -0.1) is 0 Å². The number of rotatable bonds is 11. The third-order valence-corrected chi connectivity index (χ3v) is 9.19. The molecule has 0 fully saturated rings. The molecule has 13 heteroatoms. The number of hydrogen-bond acceptors (Lipinski definition) is 7. The molecule has 0 saturated carbocycles. The van der Waals surface area contributed by atoms with Crippen LogP contribution in [0.1, 0.15) is 25.3 Å². The number of carbonyl (C=O) groups is 2. The SMILES string of the molecule is CN(C)CC(=O)OCCCCS(=O)(=O)c1cnc2n1[C@](C)(Cc1ccc(Br)cc1)C(=O)N2c1cc(Cl)cc(Cl)c1. The van der Waals surface area contributed by atoms with Gasteiger partial charge in [-0.1, -0.05) is 51.3 Å². The van der Waals surface area contributed by atoms with Crippen molar-refractivity contribution in [1.29, 1.82) is 0 Å². The fourth-order valence-corrected chi connectivity index (χ4v) is 6.99. The van der Waals surface area contributed by atoms with Gasteiger partial charge in [-0.3, -0.25) is 19.1 Å². The van der Waals surface area contributed by atoms with Gasteiger partial charge in [0.05, 0.1) is 30.8 Å². The topological polar surface area (TPSA) is 102 Å². The van der Waals surface area contributed by atoms with Gasteiger partial charge >= 0.3 is 5.97 Å². The Bertz CT molecular complexity index is 1510. The van der Waals surface area contributed by atoms with Crippen LogP contribution < -0.4 is 4.90 Å². The van der Waals surface area contributed by atoms with E-state index in [0.717, 1.165) is 10.0 Å². The number of esters is 1. The molecule has 1 atom stereocenters. The van der Waals surface area contributed by atoms with Crippen molar-refractivity contribution < 1.29 is 22.7 Å². The summed E-state index contributed by atoms with van der Waals surface area (Å²) in [6.07, 6.45) is 2.15.